The third kappa shape index (κ3) is 19.8. The number of hydrogen-bond donors (Lipinski definition) is 5. The van der Waals surface area contributed by atoms with Crippen LogP contribution < -0.4 is 31.8 Å². The molecule has 0 saturated heterocycles. The predicted molar refractivity (Wildman–Crippen MR) is 374 cm³/mol. The molecule has 498 valence electrons. The molecule has 2 atom stereocenters. The van der Waals surface area contributed by atoms with Crippen molar-refractivity contribution in [2.24, 2.45) is 5.73 Å². The standard InChI is InChI=1S/C55H69N3O6Si2.C18H25N3O4.CH4O/c1-11-61-51(59)50-57-49(41-58(50)37-39-63-66(55(8,9)10,47-28-20-14-21-29-47)48-30-22-15-23-31-48)43-34-32-42(33-35-43)40-44(56-52(60)64-53(2,3)4)36-38-62-65(54(5,6)7,45-24-16-12-17-25-45)46-26-18-13-19-27-46;1-2-25-18(24)17-20-16(12-21(17)8-10-23)14-5-3-13(4-6-14)11-15(19)7-9-22;1-2/h12-35,41,44H,11,36-40H2,1-10H3,(H,56,60);3-6,12,15,22-23H,2,7-11,19H2,1H3;2H,1H3. The van der Waals surface area contributed by atoms with E-state index in [1.807, 2.05) is 92.2 Å². The molecule has 2 unspecified atom stereocenters. The van der Waals surface area contributed by atoms with Gasteiger partial charge in [-0.15, -0.1) is 0 Å². The molecule has 8 aromatic rings. The molecular weight excluding hydrogens is 1210 g/mol. The number of aromatic nitrogens is 4. The maximum absolute atomic E-state index is 13.4. The number of aliphatic hydroxyl groups is 3. The van der Waals surface area contributed by atoms with Crippen molar-refractivity contribution in [3.05, 3.63) is 205 Å². The highest BCUT2D eigenvalue weighted by Gasteiger charge is 2.51. The lowest BCUT2D eigenvalue weighted by Crippen LogP contribution is -2.66. The number of ether oxygens (including phenoxy) is 3. The van der Waals surface area contributed by atoms with Crippen LogP contribution in [0.25, 0.3) is 22.5 Å². The first-order valence-corrected chi connectivity index (χ1v) is 35.9. The average Bonchev–Trinajstić information content (AvgIpc) is 1.54. The molecule has 0 radical (unpaired) electrons. The molecule has 6 aromatic carbocycles. The third-order valence-electron chi connectivity index (χ3n) is 15.8. The van der Waals surface area contributed by atoms with Gasteiger partial charge in [0, 0.05) is 69.0 Å². The van der Waals surface area contributed by atoms with Crippen molar-refractivity contribution in [1.29, 1.82) is 0 Å². The molecule has 2 heterocycles. The summed E-state index contributed by atoms with van der Waals surface area (Å²) in [4.78, 5) is 47.9. The Hall–Kier alpha value is -7.86. The summed E-state index contributed by atoms with van der Waals surface area (Å²) in [6.45, 7) is 24.6. The van der Waals surface area contributed by atoms with Gasteiger partial charge in [0.15, 0.2) is 0 Å². The number of amides is 1. The summed E-state index contributed by atoms with van der Waals surface area (Å²) in [5, 5.41) is 32.7. The summed E-state index contributed by atoms with van der Waals surface area (Å²) in [7, 11) is -4.61. The molecule has 1 amide bonds. The topological polar surface area (TPSA) is 232 Å². The molecule has 0 aliphatic carbocycles. The zero-order valence-electron chi connectivity index (χ0n) is 56.4. The normalized spacial score (nSPS) is 12.5. The van der Waals surface area contributed by atoms with E-state index in [-0.39, 0.29) is 66.8 Å². The summed E-state index contributed by atoms with van der Waals surface area (Å²) < 4.78 is 34.1. The van der Waals surface area contributed by atoms with Crippen LogP contribution >= 0.6 is 0 Å². The monoisotopic (exact) mass is 1300 g/mol. The fourth-order valence-electron chi connectivity index (χ4n) is 11.6. The second kappa shape index (κ2) is 34.9. The van der Waals surface area contributed by atoms with Gasteiger partial charge >= 0.3 is 18.0 Å². The van der Waals surface area contributed by atoms with Gasteiger partial charge in [-0.2, -0.15) is 0 Å². The van der Waals surface area contributed by atoms with E-state index >= 15 is 0 Å². The molecule has 0 saturated carbocycles. The number of nitrogens with two attached hydrogens (primary N) is 1. The molecule has 0 fully saturated rings. The zero-order chi connectivity index (χ0) is 67.8. The molecule has 0 spiro atoms. The molecule has 19 heteroatoms. The van der Waals surface area contributed by atoms with Gasteiger partial charge in [0.25, 0.3) is 16.6 Å². The number of esters is 2. The Labute approximate surface area is 552 Å². The number of carbonyl (C=O) groups is 3. The van der Waals surface area contributed by atoms with E-state index in [1.165, 1.54) is 20.7 Å². The van der Waals surface area contributed by atoms with Gasteiger partial charge in [0.1, 0.15) is 5.60 Å². The van der Waals surface area contributed by atoms with Crippen molar-refractivity contribution in [3.63, 3.8) is 0 Å². The van der Waals surface area contributed by atoms with Crippen LogP contribution in [-0.2, 0) is 49.0 Å². The molecule has 0 aliphatic heterocycles. The quantitative estimate of drug-likeness (QED) is 0.0183. The van der Waals surface area contributed by atoms with E-state index in [1.54, 1.807) is 24.6 Å². The Morgan fingerprint density at radius 1 is 0.516 bits per heavy atom. The van der Waals surface area contributed by atoms with Crippen LogP contribution in [-0.4, -0.2) is 134 Å². The number of imidazole rings is 2. The van der Waals surface area contributed by atoms with Gasteiger partial charge in [-0.25, -0.2) is 24.4 Å². The van der Waals surface area contributed by atoms with Crippen LogP contribution in [0.5, 0.6) is 0 Å². The van der Waals surface area contributed by atoms with Crippen molar-refractivity contribution in [1.82, 2.24) is 24.4 Å². The number of hydrogen-bond acceptors (Lipinski definition) is 14. The summed E-state index contributed by atoms with van der Waals surface area (Å²) in [5.41, 5.74) is 10.4. The van der Waals surface area contributed by atoms with E-state index in [0.717, 1.165) is 29.4 Å². The molecular formula is C74H98N6O11Si2. The summed E-state index contributed by atoms with van der Waals surface area (Å²) in [6.07, 6.45) is 5.54. The highest BCUT2D eigenvalue weighted by molar-refractivity contribution is 7.00. The molecule has 17 nitrogen and oxygen atoms in total. The number of benzene rings is 6. The van der Waals surface area contributed by atoms with Crippen LogP contribution in [0.15, 0.2) is 182 Å². The van der Waals surface area contributed by atoms with Gasteiger partial charge in [-0.05, 0) is 102 Å². The summed E-state index contributed by atoms with van der Waals surface area (Å²) >= 11 is 0. The van der Waals surface area contributed by atoms with E-state index < -0.39 is 40.3 Å². The number of rotatable bonds is 27. The fraction of sp³-hybridized carbons (Fsp3) is 0.392. The van der Waals surface area contributed by atoms with E-state index in [0.29, 0.717) is 56.8 Å². The Morgan fingerprint density at radius 2 is 0.892 bits per heavy atom. The molecule has 0 aliphatic rings. The van der Waals surface area contributed by atoms with Crippen LogP contribution in [0.4, 0.5) is 4.79 Å². The Kier molecular flexibility index (Phi) is 27.8. The third-order valence-corrected chi connectivity index (χ3v) is 25.9. The number of aliphatic hydroxyl groups excluding tert-OH is 3. The van der Waals surface area contributed by atoms with Crippen molar-refractivity contribution in [2.45, 2.75) is 143 Å². The van der Waals surface area contributed by atoms with Crippen molar-refractivity contribution in [2.75, 3.05) is 46.8 Å². The second-order valence-corrected chi connectivity index (χ2v) is 34.3. The predicted octanol–water partition coefficient (Wildman–Crippen LogP) is 10.3. The van der Waals surface area contributed by atoms with Crippen molar-refractivity contribution in [3.8, 4) is 22.5 Å². The average molecular weight is 1300 g/mol. The molecule has 93 heavy (non-hydrogen) atoms. The summed E-state index contributed by atoms with van der Waals surface area (Å²) in [5.74, 6) is -0.583. The van der Waals surface area contributed by atoms with E-state index in [2.05, 4.69) is 161 Å². The van der Waals surface area contributed by atoms with Crippen molar-refractivity contribution < 1.29 is 52.8 Å². The molecule has 0 bridgehead atoms. The first kappa shape index (κ1) is 74.2. The second-order valence-electron chi connectivity index (χ2n) is 25.7. The van der Waals surface area contributed by atoms with Crippen LogP contribution in [0.1, 0.15) is 121 Å². The Bertz CT molecular complexity index is 3450. The number of nitrogens with one attached hydrogen (secondary N) is 1. The van der Waals surface area contributed by atoms with Crippen molar-refractivity contribution >= 4 is 55.4 Å². The van der Waals surface area contributed by atoms with E-state index in [9.17, 15) is 14.4 Å². The Morgan fingerprint density at radius 3 is 1.25 bits per heavy atom. The number of carbonyl (C=O) groups excluding carboxylic acids is 3. The highest BCUT2D eigenvalue weighted by atomic mass is 28.4. The fourth-order valence-corrected chi connectivity index (χ4v) is 20.8. The minimum absolute atomic E-state index is 0.0740. The van der Waals surface area contributed by atoms with Crippen LogP contribution in [0.3, 0.4) is 0 Å². The first-order valence-electron chi connectivity index (χ1n) is 32.1. The lowest BCUT2D eigenvalue weighted by Gasteiger charge is -2.43. The highest BCUT2D eigenvalue weighted by Crippen LogP contribution is 2.38. The number of nitrogens with zero attached hydrogens (tertiary/aromatic N) is 4. The lowest BCUT2D eigenvalue weighted by atomic mass is 10.0. The summed E-state index contributed by atoms with van der Waals surface area (Å²) in [6, 6.07) is 57.8. The van der Waals surface area contributed by atoms with Gasteiger partial charge in [-0.1, -0.05) is 211 Å². The molecule has 2 aromatic heterocycles. The lowest BCUT2D eigenvalue weighted by molar-refractivity contribution is 0.0488. The number of alkyl carbamates (subject to hydrolysis) is 1. The van der Waals surface area contributed by atoms with Gasteiger partial charge in [0.2, 0.25) is 11.6 Å². The zero-order valence-corrected chi connectivity index (χ0v) is 58.4. The minimum Gasteiger partial charge on any atom is -0.460 e. The maximum Gasteiger partial charge on any atom is 0.407 e. The maximum atomic E-state index is 13.4. The van der Waals surface area contributed by atoms with Gasteiger partial charge in [0.05, 0.1) is 37.8 Å². The van der Waals surface area contributed by atoms with E-state index in [4.69, 9.17) is 49.1 Å². The molecule has 6 N–H and O–H groups in total. The van der Waals surface area contributed by atoms with Crippen LogP contribution in [0.2, 0.25) is 10.1 Å². The SMILES string of the molecule is CCOC(=O)c1nc(-c2ccc(CC(CCO[Si](c3ccccc3)(c3ccccc3)C(C)(C)C)NC(=O)OC(C)(C)C)cc2)cn1CCO[Si](c1ccccc1)(c1ccccc1)C(C)(C)C.CCOC(=O)c1nc(-c2ccc(CC(N)CCO)cc2)cn1CCO.CO. The van der Waals surface area contributed by atoms with Crippen LogP contribution in [0, 0.1) is 0 Å². The Balaban J connectivity index is 0.000000423. The minimum atomic E-state index is -2.81. The first-order chi connectivity index (χ1) is 44.5. The largest absolute Gasteiger partial charge is 0.460 e. The van der Waals surface area contributed by atoms with Gasteiger partial charge < -0.3 is 58.6 Å². The smallest absolute Gasteiger partial charge is 0.407 e. The van der Waals surface area contributed by atoms with Gasteiger partial charge in [-0.3, -0.25) is 0 Å². The molecule has 8 rings (SSSR count).